The summed E-state index contributed by atoms with van der Waals surface area (Å²) in [6.45, 7) is 8.64. The zero-order valence-electron chi connectivity index (χ0n) is 16.8. The van der Waals surface area contributed by atoms with Crippen molar-refractivity contribution in [2.24, 2.45) is 5.41 Å². The molecule has 0 saturated heterocycles. The highest BCUT2D eigenvalue weighted by Crippen LogP contribution is 2.36. The average molecular weight is 400 g/mol. The van der Waals surface area contributed by atoms with Crippen LogP contribution in [-0.4, -0.2) is 24.3 Å². The molecular weight excluding hydrogens is 374 g/mol. The van der Waals surface area contributed by atoms with Crippen LogP contribution >= 0.6 is 11.3 Å². The van der Waals surface area contributed by atoms with E-state index in [1.807, 2.05) is 44.2 Å². The molecule has 0 spiro atoms. The molecule has 5 nitrogen and oxygen atoms in total. The minimum Gasteiger partial charge on any atom is -0.454 e. The van der Waals surface area contributed by atoms with Crippen molar-refractivity contribution in [2.75, 3.05) is 11.9 Å². The van der Waals surface area contributed by atoms with E-state index < -0.39 is 11.4 Å². The molecule has 0 atom stereocenters. The lowest BCUT2D eigenvalue weighted by Gasteiger charge is -2.16. The second kappa shape index (κ2) is 8.97. The van der Waals surface area contributed by atoms with Gasteiger partial charge >= 0.3 is 5.97 Å². The molecule has 1 amide bonds. The number of ketones is 1. The van der Waals surface area contributed by atoms with E-state index in [-0.39, 0.29) is 23.9 Å². The van der Waals surface area contributed by atoms with Crippen LogP contribution in [0.4, 0.5) is 5.00 Å². The monoisotopic (exact) mass is 399 g/mol. The second-order valence-electron chi connectivity index (χ2n) is 7.68. The number of rotatable bonds is 6. The molecule has 1 heterocycles. The number of carbonyl (C=O) groups is 3. The molecule has 0 aliphatic carbocycles. The van der Waals surface area contributed by atoms with Crippen molar-refractivity contribution in [3.05, 3.63) is 52.9 Å². The summed E-state index contributed by atoms with van der Waals surface area (Å²) in [6.07, 6.45) is 1.46. The van der Waals surface area contributed by atoms with Crippen LogP contribution in [0.3, 0.4) is 0 Å². The van der Waals surface area contributed by atoms with Gasteiger partial charge in [0.2, 0.25) is 5.91 Å². The maximum atomic E-state index is 12.8. The Morgan fingerprint density at radius 2 is 1.75 bits per heavy atom. The largest absolute Gasteiger partial charge is 0.454 e. The van der Waals surface area contributed by atoms with Gasteiger partial charge in [-0.1, -0.05) is 56.7 Å². The standard InChI is InChI=1S/C22H25NO4S/c1-14(2)11-18(25)23-20-19(21(26)27-12-17(24)22(3,4)5)16(13-28-20)15-9-7-6-8-10-15/h6-11,13H,12H2,1-5H3,(H,23,25). The zero-order chi connectivity index (χ0) is 20.9. The van der Waals surface area contributed by atoms with E-state index in [9.17, 15) is 14.4 Å². The zero-order valence-corrected chi connectivity index (χ0v) is 17.6. The molecule has 0 bridgehead atoms. The lowest BCUT2D eigenvalue weighted by Crippen LogP contribution is -2.26. The summed E-state index contributed by atoms with van der Waals surface area (Å²) in [6, 6.07) is 9.37. The summed E-state index contributed by atoms with van der Waals surface area (Å²) in [4.78, 5) is 37.1. The van der Waals surface area contributed by atoms with Crippen molar-refractivity contribution < 1.29 is 19.1 Å². The van der Waals surface area contributed by atoms with Gasteiger partial charge in [-0.3, -0.25) is 9.59 Å². The number of nitrogens with one attached hydrogen (secondary N) is 1. The van der Waals surface area contributed by atoms with Crippen LogP contribution in [0.25, 0.3) is 11.1 Å². The van der Waals surface area contributed by atoms with Crippen molar-refractivity contribution in [1.29, 1.82) is 0 Å². The number of esters is 1. The van der Waals surface area contributed by atoms with Crippen LogP contribution in [0.1, 0.15) is 45.0 Å². The summed E-state index contributed by atoms with van der Waals surface area (Å²) < 4.78 is 5.29. The first-order valence-corrected chi connectivity index (χ1v) is 9.80. The van der Waals surface area contributed by atoms with Crippen LogP contribution in [-0.2, 0) is 14.3 Å². The van der Waals surface area contributed by atoms with Crippen molar-refractivity contribution in [1.82, 2.24) is 0 Å². The summed E-state index contributed by atoms with van der Waals surface area (Å²) >= 11 is 1.25. The highest BCUT2D eigenvalue weighted by molar-refractivity contribution is 7.15. The summed E-state index contributed by atoms with van der Waals surface area (Å²) in [5, 5.41) is 4.95. The maximum Gasteiger partial charge on any atom is 0.342 e. The van der Waals surface area contributed by atoms with Crippen LogP contribution < -0.4 is 5.32 Å². The molecule has 6 heteroatoms. The van der Waals surface area contributed by atoms with E-state index in [0.29, 0.717) is 10.6 Å². The highest BCUT2D eigenvalue weighted by atomic mass is 32.1. The van der Waals surface area contributed by atoms with Crippen LogP contribution in [0, 0.1) is 5.41 Å². The Labute approximate surface area is 169 Å². The third kappa shape index (κ3) is 5.63. The maximum absolute atomic E-state index is 12.8. The molecule has 0 aliphatic heterocycles. The van der Waals surface area contributed by atoms with E-state index in [1.165, 1.54) is 17.4 Å². The number of thiophene rings is 1. The number of ether oxygens (including phenoxy) is 1. The number of hydrogen-bond donors (Lipinski definition) is 1. The number of anilines is 1. The third-order valence-electron chi connectivity index (χ3n) is 3.91. The smallest absolute Gasteiger partial charge is 0.342 e. The number of benzene rings is 1. The van der Waals surface area contributed by atoms with Gasteiger partial charge in [-0.15, -0.1) is 11.3 Å². The quantitative estimate of drug-likeness (QED) is 0.542. The van der Waals surface area contributed by atoms with Gasteiger partial charge in [0.15, 0.2) is 12.4 Å². The first kappa shape index (κ1) is 21.6. The van der Waals surface area contributed by atoms with E-state index in [2.05, 4.69) is 5.32 Å². The van der Waals surface area contributed by atoms with Crippen molar-refractivity contribution >= 4 is 34.0 Å². The highest BCUT2D eigenvalue weighted by Gasteiger charge is 2.26. The van der Waals surface area contributed by atoms with Gasteiger partial charge < -0.3 is 10.1 Å². The number of amides is 1. The third-order valence-corrected chi connectivity index (χ3v) is 4.80. The van der Waals surface area contributed by atoms with Crippen molar-refractivity contribution in [3.63, 3.8) is 0 Å². The molecule has 2 rings (SSSR count). The molecule has 148 valence electrons. The Kier molecular flexibility index (Phi) is 6.91. The van der Waals surface area contributed by atoms with Gasteiger partial charge in [-0.05, 0) is 19.4 Å². The second-order valence-corrected chi connectivity index (χ2v) is 8.56. The average Bonchev–Trinajstić information content (AvgIpc) is 3.02. The fourth-order valence-electron chi connectivity index (χ4n) is 2.31. The van der Waals surface area contributed by atoms with E-state index in [4.69, 9.17) is 4.74 Å². The molecule has 0 fully saturated rings. The molecule has 1 aromatic heterocycles. The van der Waals surface area contributed by atoms with Crippen LogP contribution in [0.2, 0.25) is 0 Å². The molecule has 0 unspecified atom stereocenters. The number of carbonyl (C=O) groups excluding carboxylic acids is 3. The Hall–Kier alpha value is -2.73. The lowest BCUT2D eigenvalue weighted by atomic mass is 9.91. The summed E-state index contributed by atoms with van der Waals surface area (Å²) in [5.41, 5.74) is 1.99. The number of allylic oxidation sites excluding steroid dienone is 1. The normalized spacial score (nSPS) is 10.9. The molecule has 28 heavy (non-hydrogen) atoms. The van der Waals surface area contributed by atoms with Crippen molar-refractivity contribution in [2.45, 2.75) is 34.6 Å². The SMILES string of the molecule is CC(C)=CC(=O)Nc1scc(-c2ccccc2)c1C(=O)OCC(=O)C(C)(C)C. The van der Waals surface area contributed by atoms with Gasteiger partial charge in [0.05, 0.1) is 0 Å². The van der Waals surface area contributed by atoms with Gasteiger partial charge in [0.25, 0.3) is 0 Å². The molecule has 0 saturated carbocycles. The predicted molar refractivity (Wildman–Crippen MR) is 113 cm³/mol. The summed E-state index contributed by atoms with van der Waals surface area (Å²) in [7, 11) is 0. The fraction of sp³-hybridized carbons (Fsp3) is 0.318. The Morgan fingerprint density at radius 1 is 1.11 bits per heavy atom. The van der Waals surface area contributed by atoms with Gasteiger partial charge in [-0.2, -0.15) is 0 Å². The first-order chi connectivity index (χ1) is 13.1. The molecule has 2 aromatic rings. The Balaban J connectivity index is 2.36. The van der Waals surface area contributed by atoms with Gasteiger partial charge in [-0.25, -0.2) is 4.79 Å². The first-order valence-electron chi connectivity index (χ1n) is 8.93. The molecule has 1 aromatic carbocycles. The Morgan fingerprint density at radius 3 is 2.32 bits per heavy atom. The predicted octanol–water partition coefficient (Wildman–Crippen LogP) is 5.09. The molecular formula is C22H25NO4S. The van der Waals surface area contributed by atoms with Crippen molar-refractivity contribution in [3.8, 4) is 11.1 Å². The minimum atomic E-state index is -0.634. The molecule has 0 radical (unpaired) electrons. The molecule has 1 N–H and O–H groups in total. The van der Waals surface area contributed by atoms with Crippen LogP contribution in [0.5, 0.6) is 0 Å². The number of Topliss-reactive ketones (excluding diaryl/α,β-unsaturated/α-hetero) is 1. The van der Waals surface area contributed by atoms with Gasteiger partial charge in [0.1, 0.15) is 10.6 Å². The van der Waals surface area contributed by atoms with E-state index >= 15 is 0 Å². The van der Waals surface area contributed by atoms with E-state index in [0.717, 1.165) is 11.1 Å². The topological polar surface area (TPSA) is 72.5 Å². The Bertz CT molecular complexity index is 900. The minimum absolute atomic E-state index is 0.174. The van der Waals surface area contributed by atoms with Crippen LogP contribution in [0.15, 0.2) is 47.4 Å². The molecule has 0 aliphatic rings. The van der Waals surface area contributed by atoms with Gasteiger partial charge in [0, 0.05) is 22.4 Å². The number of hydrogen-bond acceptors (Lipinski definition) is 5. The summed E-state index contributed by atoms with van der Waals surface area (Å²) in [5.74, 6) is -1.13. The lowest BCUT2D eigenvalue weighted by molar-refractivity contribution is -0.129. The van der Waals surface area contributed by atoms with E-state index in [1.54, 1.807) is 26.2 Å². The fourth-order valence-corrected chi connectivity index (χ4v) is 3.27.